The van der Waals surface area contributed by atoms with Gasteiger partial charge in [0.25, 0.3) is 0 Å². The van der Waals surface area contributed by atoms with Gasteiger partial charge in [-0.1, -0.05) is 0 Å². The van der Waals surface area contributed by atoms with Crippen LogP contribution in [0, 0.1) is 5.92 Å². The van der Waals surface area contributed by atoms with Crippen LogP contribution in [-0.2, 0) is 4.74 Å². The summed E-state index contributed by atoms with van der Waals surface area (Å²) in [6, 6.07) is 0.745. The van der Waals surface area contributed by atoms with Crippen LogP contribution in [0.4, 0.5) is 0 Å². The van der Waals surface area contributed by atoms with E-state index in [1.165, 1.54) is 45.8 Å². The minimum Gasteiger partial charge on any atom is -0.388 e. The van der Waals surface area contributed by atoms with Crippen molar-refractivity contribution < 1.29 is 4.74 Å². The largest absolute Gasteiger partial charge is 0.388 e. The van der Waals surface area contributed by atoms with Gasteiger partial charge in [0.1, 0.15) is 0 Å². The Hall–Kier alpha value is -0.160. The fourth-order valence-corrected chi connectivity index (χ4v) is 2.41. The van der Waals surface area contributed by atoms with Crippen LogP contribution in [0.2, 0.25) is 0 Å². The van der Waals surface area contributed by atoms with E-state index in [4.69, 9.17) is 0 Å². The van der Waals surface area contributed by atoms with Gasteiger partial charge in [0.2, 0.25) is 0 Å². The number of rotatable bonds is 3. The number of likely N-dealkylation sites (tertiary alicyclic amines) is 1. The molecule has 2 heterocycles. The minimum atomic E-state index is 0.745. The number of methoxy groups -OCH3 is 1. The molecule has 0 saturated carbocycles. The first-order valence-corrected chi connectivity index (χ1v) is 6.74. The van der Waals surface area contributed by atoms with Crippen molar-refractivity contribution in [3.63, 3.8) is 0 Å². The van der Waals surface area contributed by atoms with Crippen molar-refractivity contribution in [3.8, 4) is 0 Å². The topological polar surface area (TPSA) is 27.7 Å². The first kappa shape index (κ1) is 14.9. The molecule has 0 amide bonds. The van der Waals surface area contributed by atoms with Gasteiger partial charge in [-0.25, -0.2) is 0 Å². The minimum absolute atomic E-state index is 0.745. The van der Waals surface area contributed by atoms with Crippen LogP contribution in [0.1, 0.15) is 13.8 Å². The summed E-state index contributed by atoms with van der Waals surface area (Å²) in [5.74, 6) is 0.940. The third-order valence-corrected chi connectivity index (χ3v) is 3.44. The summed E-state index contributed by atoms with van der Waals surface area (Å²) in [7, 11) is 3.25. The van der Waals surface area contributed by atoms with Crippen molar-refractivity contribution >= 4 is 0 Å². The predicted octanol–water partition coefficient (Wildman–Crippen LogP) is 0.494. The highest BCUT2D eigenvalue weighted by Crippen LogP contribution is 2.19. The summed E-state index contributed by atoms with van der Waals surface area (Å²) in [6.07, 6.45) is 0. The molecule has 0 aliphatic carbocycles. The molecule has 2 saturated heterocycles. The maximum Gasteiger partial charge on any atom is 0.0351 e. The lowest BCUT2D eigenvalue weighted by molar-refractivity contribution is 0.0397. The van der Waals surface area contributed by atoms with Crippen LogP contribution < -0.4 is 5.32 Å². The normalized spacial score (nSPS) is 23.1. The van der Waals surface area contributed by atoms with Gasteiger partial charge < -0.3 is 19.9 Å². The third-order valence-electron chi connectivity index (χ3n) is 3.44. The smallest absolute Gasteiger partial charge is 0.0351 e. The molecule has 102 valence electrons. The zero-order valence-electron chi connectivity index (χ0n) is 11.9. The highest BCUT2D eigenvalue weighted by atomic mass is 16.4. The monoisotopic (exact) mass is 243 g/mol. The van der Waals surface area contributed by atoms with Crippen LogP contribution in [-0.4, -0.2) is 75.9 Å². The molecule has 0 bridgehead atoms. The van der Waals surface area contributed by atoms with Gasteiger partial charge in [-0.2, -0.15) is 0 Å². The van der Waals surface area contributed by atoms with Crippen molar-refractivity contribution in [3.05, 3.63) is 0 Å². The maximum absolute atomic E-state index is 4.25. The summed E-state index contributed by atoms with van der Waals surface area (Å²) < 4.78 is 4.25. The lowest BCUT2D eigenvalue weighted by atomic mass is 9.97. The Balaban J connectivity index is 0.000000437. The first-order valence-electron chi connectivity index (χ1n) is 6.74. The molecule has 4 heteroatoms. The van der Waals surface area contributed by atoms with E-state index in [-0.39, 0.29) is 0 Å². The number of hydrogen-bond donors (Lipinski definition) is 1. The molecule has 17 heavy (non-hydrogen) atoms. The number of hydrogen-bond acceptors (Lipinski definition) is 4. The zero-order valence-corrected chi connectivity index (χ0v) is 11.9. The van der Waals surface area contributed by atoms with Crippen molar-refractivity contribution in [2.24, 2.45) is 5.92 Å². The second-order valence-corrected chi connectivity index (χ2v) is 5.37. The number of piperazine rings is 1. The Labute approximate surface area is 106 Å². The molecular weight excluding hydrogens is 214 g/mol. The molecule has 0 spiro atoms. The van der Waals surface area contributed by atoms with Crippen LogP contribution in [0.5, 0.6) is 0 Å². The summed E-state index contributed by atoms with van der Waals surface area (Å²) in [5, 5.41) is 3.40. The molecular formula is C13H29N3O. The Morgan fingerprint density at radius 2 is 1.71 bits per heavy atom. The van der Waals surface area contributed by atoms with E-state index in [2.05, 4.69) is 33.7 Å². The van der Waals surface area contributed by atoms with Gasteiger partial charge in [-0.15, -0.1) is 0 Å². The van der Waals surface area contributed by atoms with E-state index in [0.717, 1.165) is 12.0 Å². The fraction of sp³-hybridized carbons (Fsp3) is 1.00. The second kappa shape index (κ2) is 8.03. The average molecular weight is 243 g/mol. The van der Waals surface area contributed by atoms with Crippen LogP contribution in [0.15, 0.2) is 0 Å². The standard InChI is InChI=1S/C11H23N3.C2H6O/c1-10(2)14-8-11(9-14)7-13-5-3-12-4-6-13;1-3-2/h10-12H,3-9H2,1-2H3;1-2H3. The molecule has 1 N–H and O–H groups in total. The van der Waals surface area contributed by atoms with Crippen molar-refractivity contribution in [1.29, 1.82) is 0 Å². The van der Waals surface area contributed by atoms with E-state index < -0.39 is 0 Å². The second-order valence-electron chi connectivity index (χ2n) is 5.37. The fourth-order valence-electron chi connectivity index (χ4n) is 2.41. The molecule has 2 rings (SSSR count). The highest BCUT2D eigenvalue weighted by molar-refractivity contribution is 4.85. The molecule has 0 aromatic carbocycles. The maximum atomic E-state index is 4.25. The van der Waals surface area contributed by atoms with E-state index >= 15 is 0 Å². The van der Waals surface area contributed by atoms with Gasteiger partial charge >= 0.3 is 0 Å². The van der Waals surface area contributed by atoms with Crippen LogP contribution in [0.25, 0.3) is 0 Å². The first-order chi connectivity index (χ1) is 8.17. The van der Waals surface area contributed by atoms with E-state index in [1.807, 2.05) is 0 Å². The van der Waals surface area contributed by atoms with E-state index in [0.29, 0.717) is 0 Å². The molecule has 4 nitrogen and oxygen atoms in total. The molecule has 0 aromatic heterocycles. The molecule has 0 unspecified atom stereocenters. The highest BCUT2D eigenvalue weighted by Gasteiger charge is 2.29. The summed E-state index contributed by atoms with van der Waals surface area (Å²) in [5.41, 5.74) is 0. The van der Waals surface area contributed by atoms with Crippen LogP contribution in [0.3, 0.4) is 0 Å². The van der Waals surface area contributed by atoms with Gasteiger partial charge in [0.15, 0.2) is 0 Å². The van der Waals surface area contributed by atoms with Gasteiger partial charge in [0.05, 0.1) is 0 Å². The Kier molecular flexibility index (Phi) is 7.04. The molecule has 2 aliphatic heterocycles. The van der Waals surface area contributed by atoms with E-state index in [9.17, 15) is 0 Å². The number of ether oxygens (including phenoxy) is 1. The molecule has 0 aromatic rings. The Morgan fingerprint density at radius 3 is 2.18 bits per heavy atom. The molecule has 0 atom stereocenters. The van der Waals surface area contributed by atoms with Crippen molar-refractivity contribution in [2.45, 2.75) is 19.9 Å². The van der Waals surface area contributed by atoms with Gasteiger partial charge in [-0.3, -0.25) is 0 Å². The summed E-state index contributed by atoms with van der Waals surface area (Å²) in [6.45, 7) is 13.4. The quantitative estimate of drug-likeness (QED) is 0.781. The van der Waals surface area contributed by atoms with Crippen molar-refractivity contribution in [2.75, 3.05) is 60.0 Å². The Bertz CT molecular complexity index is 187. The van der Waals surface area contributed by atoms with Crippen LogP contribution >= 0.6 is 0 Å². The molecule has 2 aliphatic rings. The molecule has 0 radical (unpaired) electrons. The summed E-state index contributed by atoms with van der Waals surface area (Å²) in [4.78, 5) is 5.17. The zero-order chi connectivity index (χ0) is 12.7. The lowest BCUT2D eigenvalue weighted by Gasteiger charge is -2.44. The Morgan fingerprint density at radius 1 is 1.18 bits per heavy atom. The number of nitrogens with one attached hydrogen (secondary N) is 1. The lowest BCUT2D eigenvalue weighted by Crippen LogP contribution is -2.55. The van der Waals surface area contributed by atoms with E-state index in [1.54, 1.807) is 14.2 Å². The summed E-state index contributed by atoms with van der Waals surface area (Å²) >= 11 is 0. The molecule has 2 fully saturated rings. The number of nitrogens with zero attached hydrogens (tertiary/aromatic N) is 2. The van der Waals surface area contributed by atoms with Gasteiger partial charge in [0, 0.05) is 66.1 Å². The SMILES string of the molecule is CC(C)N1CC(CN2CCNCC2)C1.COC. The van der Waals surface area contributed by atoms with Gasteiger partial charge in [-0.05, 0) is 19.8 Å². The third kappa shape index (κ3) is 5.34. The predicted molar refractivity (Wildman–Crippen MR) is 72.4 cm³/mol. The van der Waals surface area contributed by atoms with Crippen molar-refractivity contribution in [1.82, 2.24) is 15.1 Å². The average Bonchev–Trinajstić information content (AvgIpc) is 2.25.